The Bertz CT molecular complexity index is 1080. The van der Waals surface area contributed by atoms with Gasteiger partial charge in [-0.2, -0.15) is 0 Å². The van der Waals surface area contributed by atoms with Crippen LogP contribution >= 0.6 is 12.2 Å². The second-order valence-corrected chi connectivity index (χ2v) is 7.54. The third kappa shape index (κ3) is 6.72. The summed E-state index contributed by atoms with van der Waals surface area (Å²) in [6.45, 7) is 1.76. The highest BCUT2D eigenvalue weighted by Gasteiger charge is 2.23. The first-order valence-electron chi connectivity index (χ1n) is 10.4. The molecule has 168 valence electrons. The highest BCUT2D eigenvalue weighted by Crippen LogP contribution is 2.24. The van der Waals surface area contributed by atoms with Gasteiger partial charge in [-0.1, -0.05) is 67.6 Å². The summed E-state index contributed by atoms with van der Waals surface area (Å²) in [5.41, 5.74) is 7.62. The van der Waals surface area contributed by atoms with Crippen LogP contribution in [0.3, 0.4) is 0 Å². The number of amides is 3. The summed E-state index contributed by atoms with van der Waals surface area (Å²) in [7, 11) is 0. The van der Waals surface area contributed by atoms with E-state index in [-0.39, 0.29) is 16.9 Å². The summed E-state index contributed by atoms with van der Waals surface area (Å²) in [5, 5.41) is 5.32. The molecule has 4 N–H and O–H groups in total. The first kappa shape index (κ1) is 23.6. The number of rotatable bonds is 6. The summed E-state index contributed by atoms with van der Waals surface area (Å²) in [4.78, 5) is 36.8. The van der Waals surface area contributed by atoms with Gasteiger partial charge in [0, 0.05) is 17.7 Å². The van der Waals surface area contributed by atoms with Crippen LogP contribution in [-0.4, -0.2) is 22.8 Å². The molecule has 33 heavy (non-hydrogen) atoms. The van der Waals surface area contributed by atoms with Gasteiger partial charge in [0.15, 0.2) is 5.11 Å². The average Bonchev–Trinajstić information content (AvgIpc) is 2.84. The molecule has 0 saturated carbocycles. The molecule has 3 aromatic carbocycles. The fourth-order valence-corrected chi connectivity index (χ4v) is 3.29. The number of carbonyl (C=O) groups excluding carboxylic acids is 3. The first-order chi connectivity index (χ1) is 16.0. The Hall–Kier alpha value is -4.04. The molecule has 0 fully saturated rings. The second-order valence-electron chi connectivity index (χ2n) is 7.13. The fraction of sp³-hybridized carbons (Fsp3) is 0.120. The lowest BCUT2D eigenvalue weighted by Crippen LogP contribution is -2.49. The highest BCUT2D eigenvalue weighted by molar-refractivity contribution is 7.80. The molecule has 8 heteroatoms. The molecule has 0 aromatic heterocycles. The monoisotopic (exact) mass is 460 g/mol. The maximum absolute atomic E-state index is 13.0. The molecule has 0 bridgehead atoms. The number of thiocarbonyl (C=S) groups is 1. The quantitative estimate of drug-likeness (QED) is 0.333. The summed E-state index contributed by atoms with van der Waals surface area (Å²) in [6, 6.07) is 25.2. The van der Waals surface area contributed by atoms with Crippen LogP contribution in [0.1, 0.15) is 40.7 Å². The zero-order valence-electron chi connectivity index (χ0n) is 18.0. The van der Waals surface area contributed by atoms with E-state index < -0.39 is 11.8 Å². The zero-order valence-corrected chi connectivity index (χ0v) is 18.8. The van der Waals surface area contributed by atoms with Gasteiger partial charge in [-0.15, -0.1) is 0 Å². The Kier molecular flexibility index (Phi) is 8.26. The van der Waals surface area contributed by atoms with Gasteiger partial charge >= 0.3 is 0 Å². The average molecular weight is 461 g/mol. The summed E-state index contributed by atoms with van der Waals surface area (Å²) >= 11 is 5.19. The smallest absolute Gasteiger partial charge is 0.269 e. The lowest BCUT2D eigenvalue weighted by atomic mass is 9.90. The van der Waals surface area contributed by atoms with E-state index in [1.165, 1.54) is 0 Å². The SMILES string of the molecule is CCC(=O)Nc1ccc(C(=O)NNC(=S)NC(=O)C(c2ccccc2)c2ccccc2)cc1. The summed E-state index contributed by atoms with van der Waals surface area (Å²) < 4.78 is 0. The highest BCUT2D eigenvalue weighted by atomic mass is 32.1. The number of hydrazine groups is 1. The summed E-state index contributed by atoms with van der Waals surface area (Å²) in [5.74, 6) is -1.44. The molecule has 0 atom stereocenters. The van der Waals surface area contributed by atoms with Crippen molar-refractivity contribution in [1.29, 1.82) is 0 Å². The Morgan fingerprint density at radius 1 is 0.788 bits per heavy atom. The van der Waals surface area contributed by atoms with Crippen molar-refractivity contribution in [3.63, 3.8) is 0 Å². The number of benzene rings is 3. The van der Waals surface area contributed by atoms with E-state index >= 15 is 0 Å². The third-order valence-corrected chi connectivity index (χ3v) is 5.01. The molecule has 0 aliphatic rings. The molecule has 3 aromatic rings. The van der Waals surface area contributed by atoms with Crippen LogP contribution in [0.2, 0.25) is 0 Å². The first-order valence-corrected chi connectivity index (χ1v) is 10.8. The normalized spacial score (nSPS) is 10.2. The number of nitrogens with one attached hydrogen (secondary N) is 4. The van der Waals surface area contributed by atoms with Gasteiger partial charge in [-0.3, -0.25) is 25.2 Å². The summed E-state index contributed by atoms with van der Waals surface area (Å²) in [6.07, 6.45) is 0.366. The Balaban J connectivity index is 1.59. The number of anilines is 1. The molecule has 0 saturated heterocycles. The van der Waals surface area contributed by atoms with Crippen molar-refractivity contribution in [3.8, 4) is 0 Å². The van der Waals surface area contributed by atoms with Gasteiger partial charge in [0.05, 0.1) is 5.92 Å². The predicted molar refractivity (Wildman–Crippen MR) is 131 cm³/mol. The van der Waals surface area contributed by atoms with Crippen molar-refractivity contribution in [3.05, 3.63) is 102 Å². The van der Waals surface area contributed by atoms with Crippen LogP contribution in [0.15, 0.2) is 84.9 Å². The second kappa shape index (κ2) is 11.5. The maximum atomic E-state index is 13.0. The van der Waals surface area contributed by atoms with Crippen molar-refractivity contribution < 1.29 is 14.4 Å². The van der Waals surface area contributed by atoms with E-state index in [9.17, 15) is 14.4 Å². The Morgan fingerprint density at radius 3 is 1.85 bits per heavy atom. The largest absolute Gasteiger partial charge is 0.326 e. The molecule has 0 aliphatic carbocycles. The molecule has 0 unspecified atom stereocenters. The number of carbonyl (C=O) groups is 3. The van der Waals surface area contributed by atoms with Gasteiger partial charge < -0.3 is 10.6 Å². The van der Waals surface area contributed by atoms with Crippen LogP contribution in [-0.2, 0) is 9.59 Å². The van der Waals surface area contributed by atoms with Crippen molar-refractivity contribution in [2.24, 2.45) is 0 Å². The van der Waals surface area contributed by atoms with E-state index in [1.54, 1.807) is 31.2 Å². The molecule has 3 amide bonds. The van der Waals surface area contributed by atoms with Crippen LogP contribution in [0.4, 0.5) is 5.69 Å². The minimum absolute atomic E-state index is 0.0305. The fourth-order valence-electron chi connectivity index (χ4n) is 3.14. The van der Waals surface area contributed by atoms with Gasteiger partial charge in [0.25, 0.3) is 5.91 Å². The standard InChI is InChI=1S/C25H24N4O3S/c1-2-21(30)26-20-15-13-19(14-16-20)23(31)28-29-25(33)27-24(32)22(17-9-5-3-6-10-17)18-11-7-4-8-12-18/h3-16,22H,2H2,1H3,(H,26,30)(H,28,31)(H2,27,29,32,33). The molecule has 7 nitrogen and oxygen atoms in total. The molecule has 0 spiro atoms. The Morgan fingerprint density at radius 2 is 1.33 bits per heavy atom. The van der Waals surface area contributed by atoms with E-state index in [4.69, 9.17) is 12.2 Å². The Labute approximate surface area is 197 Å². The van der Waals surface area contributed by atoms with Gasteiger partial charge in [-0.25, -0.2) is 0 Å². The van der Waals surface area contributed by atoms with Crippen LogP contribution in [0.25, 0.3) is 0 Å². The molecule has 3 rings (SSSR count). The van der Waals surface area contributed by atoms with E-state index in [0.717, 1.165) is 11.1 Å². The lowest BCUT2D eigenvalue weighted by molar-refractivity contribution is -0.120. The van der Waals surface area contributed by atoms with Crippen molar-refractivity contribution >= 4 is 40.7 Å². The number of hydrogen-bond donors (Lipinski definition) is 4. The molecular formula is C25H24N4O3S. The lowest BCUT2D eigenvalue weighted by Gasteiger charge is -2.19. The zero-order chi connectivity index (χ0) is 23.6. The molecular weight excluding hydrogens is 436 g/mol. The molecule has 0 aliphatic heterocycles. The topological polar surface area (TPSA) is 99.3 Å². The van der Waals surface area contributed by atoms with E-state index in [2.05, 4.69) is 21.5 Å². The van der Waals surface area contributed by atoms with Crippen LogP contribution < -0.4 is 21.5 Å². The van der Waals surface area contributed by atoms with Crippen LogP contribution in [0.5, 0.6) is 0 Å². The van der Waals surface area contributed by atoms with Crippen molar-refractivity contribution in [2.75, 3.05) is 5.32 Å². The number of hydrogen-bond acceptors (Lipinski definition) is 4. The minimum Gasteiger partial charge on any atom is -0.326 e. The van der Waals surface area contributed by atoms with Gasteiger partial charge in [0.2, 0.25) is 11.8 Å². The van der Waals surface area contributed by atoms with Gasteiger partial charge in [0.1, 0.15) is 0 Å². The maximum Gasteiger partial charge on any atom is 0.269 e. The van der Waals surface area contributed by atoms with E-state index in [1.807, 2.05) is 60.7 Å². The van der Waals surface area contributed by atoms with Crippen molar-refractivity contribution in [1.82, 2.24) is 16.2 Å². The third-order valence-electron chi connectivity index (χ3n) is 4.81. The van der Waals surface area contributed by atoms with Crippen LogP contribution in [0, 0.1) is 0 Å². The predicted octanol–water partition coefficient (Wildman–Crippen LogP) is 3.50. The molecule has 0 heterocycles. The van der Waals surface area contributed by atoms with Crippen molar-refractivity contribution in [2.45, 2.75) is 19.3 Å². The van der Waals surface area contributed by atoms with E-state index in [0.29, 0.717) is 17.7 Å². The minimum atomic E-state index is -0.561. The van der Waals surface area contributed by atoms with Gasteiger partial charge in [-0.05, 0) is 47.6 Å². The molecule has 0 radical (unpaired) electrons.